The van der Waals surface area contributed by atoms with E-state index in [0.29, 0.717) is 36.7 Å². The van der Waals surface area contributed by atoms with Gasteiger partial charge in [-0.2, -0.15) is 0 Å². The van der Waals surface area contributed by atoms with Crippen LogP contribution in [-0.2, 0) is 4.79 Å². The first-order valence-electron chi connectivity index (χ1n) is 9.08. The van der Waals surface area contributed by atoms with Crippen molar-refractivity contribution in [2.75, 3.05) is 36.5 Å². The molecule has 27 heavy (non-hydrogen) atoms. The van der Waals surface area contributed by atoms with Crippen LogP contribution in [0.4, 0.5) is 5.69 Å². The van der Waals surface area contributed by atoms with Crippen LogP contribution in [0.1, 0.15) is 24.2 Å². The first kappa shape index (κ1) is 20.8. The summed E-state index contributed by atoms with van der Waals surface area (Å²) in [7, 11) is 0. The summed E-state index contributed by atoms with van der Waals surface area (Å²) < 4.78 is 5.60. The maximum Gasteiger partial charge on any atom is 0.253 e. The molecule has 2 rings (SSSR count). The lowest BCUT2D eigenvalue weighted by Crippen LogP contribution is -2.30. The van der Waals surface area contributed by atoms with Gasteiger partial charge in [0.15, 0.2) is 0 Å². The van der Waals surface area contributed by atoms with Crippen molar-refractivity contribution in [3.63, 3.8) is 0 Å². The number of nitrogens with one attached hydrogen (secondary N) is 1. The predicted octanol–water partition coefficient (Wildman–Crippen LogP) is 3.92. The smallest absolute Gasteiger partial charge is 0.253 e. The number of thioether (sulfide) groups is 1. The monoisotopic (exact) mass is 386 g/mol. The van der Waals surface area contributed by atoms with Crippen molar-refractivity contribution in [2.45, 2.75) is 13.8 Å². The second-order valence-electron chi connectivity index (χ2n) is 5.82. The molecular weight excluding hydrogens is 360 g/mol. The summed E-state index contributed by atoms with van der Waals surface area (Å²) in [5.41, 5.74) is 1.22. The number of rotatable bonds is 10. The molecule has 1 N–H and O–H groups in total. The molecule has 0 unspecified atom stereocenters. The third-order valence-electron chi connectivity index (χ3n) is 3.92. The zero-order chi connectivity index (χ0) is 19.5. The number of benzene rings is 2. The highest BCUT2D eigenvalue weighted by atomic mass is 32.2. The van der Waals surface area contributed by atoms with E-state index in [-0.39, 0.29) is 11.8 Å². The van der Waals surface area contributed by atoms with Gasteiger partial charge in [-0.3, -0.25) is 9.59 Å². The van der Waals surface area contributed by atoms with Gasteiger partial charge in [0, 0.05) is 30.1 Å². The van der Waals surface area contributed by atoms with Gasteiger partial charge in [0.1, 0.15) is 5.75 Å². The van der Waals surface area contributed by atoms with Crippen LogP contribution in [0.15, 0.2) is 54.6 Å². The van der Waals surface area contributed by atoms with Gasteiger partial charge in [0.25, 0.3) is 5.91 Å². The number of carbonyl (C=O) groups is 2. The lowest BCUT2D eigenvalue weighted by Gasteiger charge is -2.19. The normalized spacial score (nSPS) is 10.3. The molecule has 0 aromatic heterocycles. The first-order valence-corrected chi connectivity index (χ1v) is 10.2. The molecule has 0 aliphatic heterocycles. The third-order valence-corrected chi connectivity index (χ3v) is 4.84. The number of para-hydroxylation sites is 1. The Morgan fingerprint density at radius 2 is 1.78 bits per heavy atom. The molecule has 0 spiro atoms. The minimum atomic E-state index is -0.0906. The topological polar surface area (TPSA) is 58.6 Å². The third kappa shape index (κ3) is 6.98. The standard InChI is InChI=1S/C21H26N2O3S/c1-3-23(4-2)21(25)17-9-8-10-18(15-17)22-20(24)16-27-14-13-26-19-11-6-5-7-12-19/h5-12,15H,3-4,13-14,16H2,1-2H3,(H,22,24). The molecule has 0 heterocycles. The Bertz CT molecular complexity index is 733. The number of ether oxygens (including phenoxy) is 1. The first-order chi connectivity index (χ1) is 13.1. The van der Waals surface area contributed by atoms with E-state index < -0.39 is 0 Å². The summed E-state index contributed by atoms with van der Waals surface area (Å²) in [5, 5.41) is 2.85. The number of amides is 2. The van der Waals surface area contributed by atoms with Crippen molar-refractivity contribution in [3.05, 3.63) is 60.2 Å². The number of hydrogen-bond acceptors (Lipinski definition) is 4. The number of nitrogens with zero attached hydrogens (tertiary/aromatic N) is 1. The highest BCUT2D eigenvalue weighted by Crippen LogP contribution is 2.14. The second kappa shape index (κ2) is 11.3. The second-order valence-corrected chi connectivity index (χ2v) is 6.93. The molecule has 2 amide bonds. The van der Waals surface area contributed by atoms with Crippen LogP contribution in [0.25, 0.3) is 0 Å². The number of carbonyl (C=O) groups excluding carboxylic acids is 2. The van der Waals surface area contributed by atoms with Crippen molar-refractivity contribution in [2.24, 2.45) is 0 Å². The zero-order valence-corrected chi connectivity index (χ0v) is 16.6. The average molecular weight is 387 g/mol. The van der Waals surface area contributed by atoms with Gasteiger partial charge in [-0.05, 0) is 44.2 Å². The summed E-state index contributed by atoms with van der Waals surface area (Å²) in [4.78, 5) is 26.3. The fraction of sp³-hybridized carbons (Fsp3) is 0.333. The predicted molar refractivity (Wildman–Crippen MR) is 112 cm³/mol. The average Bonchev–Trinajstić information content (AvgIpc) is 2.69. The van der Waals surface area contributed by atoms with E-state index in [2.05, 4.69) is 5.32 Å². The molecule has 2 aromatic carbocycles. The number of hydrogen-bond donors (Lipinski definition) is 1. The van der Waals surface area contributed by atoms with Gasteiger partial charge in [-0.15, -0.1) is 11.8 Å². The van der Waals surface area contributed by atoms with Crippen molar-refractivity contribution >= 4 is 29.3 Å². The quantitative estimate of drug-likeness (QED) is 0.629. The molecule has 0 aliphatic rings. The van der Waals surface area contributed by atoms with Crippen LogP contribution in [0, 0.1) is 0 Å². The Hall–Kier alpha value is -2.47. The van der Waals surface area contributed by atoms with E-state index in [1.54, 1.807) is 29.2 Å². The van der Waals surface area contributed by atoms with E-state index >= 15 is 0 Å². The van der Waals surface area contributed by atoms with Crippen LogP contribution in [0.2, 0.25) is 0 Å². The molecule has 0 saturated heterocycles. The van der Waals surface area contributed by atoms with Gasteiger partial charge in [0.2, 0.25) is 5.91 Å². The van der Waals surface area contributed by atoms with Crippen molar-refractivity contribution < 1.29 is 14.3 Å². The molecular formula is C21H26N2O3S. The summed E-state index contributed by atoms with van der Waals surface area (Å²) in [5.74, 6) is 1.78. The number of anilines is 1. The van der Waals surface area contributed by atoms with E-state index in [1.165, 1.54) is 11.8 Å². The minimum absolute atomic E-state index is 0.0245. The molecule has 2 aromatic rings. The maximum atomic E-state index is 12.4. The van der Waals surface area contributed by atoms with Crippen LogP contribution in [0.3, 0.4) is 0 Å². The minimum Gasteiger partial charge on any atom is -0.493 e. The van der Waals surface area contributed by atoms with Crippen LogP contribution < -0.4 is 10.1 Å². The van der Waals surface area contributed by atoms with E-state index in [4.69, 9.17) is 4.74 Å². The lowest BCUT2D eigenvalue weighted by atomic mass is 10.1. The molecule has 144 valence electrons. The summed E-state index contributed by atoms with van der Waals surface area (Å²) in [6, 6.07) is 16.7. The fourth-order valence-corrected chi connectivity index (χ4v) is 3.12. The molecule has 0 radical (unpaired) electrons. The molecule has 0 bridgehead atoms. The molecule has 0 aliphatic carbocycles. The Morgan fingerprint density at radius 3 is 2.48 bits per heavy atom. The lowest BCUT2D eigenvalue weighted by molar-refractivity contribution is -0.113. The van der Waals surface area contributed by atoms with E-state index in [9.17, 15) is 9.59 Å². The summed E-state index contributed by atoms with van der Waals surface area (Å²) in [6.45, 7) is 5.77. The fourth-order valence-electron chi connectivity index (χ4n) is 2.52. The van der Waals surface area contributed by atoms with Crippen LogP contribution >= 0.6 is 11.8 Å². The van der Waals surface area contributed by atoms with Crippen LogP contribution in [-0.4, -0.2) is 47.9 Å². The van der Waals surface area contributed by atoms with Crippen molar-refractivity contribution in [1.29, 1.82) is 0 Å². The highest BCUT2D eigenvalue weighted by Gasteiger charge is 2.13. The van der Waals surface area contributed by atoms with E-state index in [0.717, 1.165) is 11.5 Å². The van der Waals surface area contributed by atoms with Crippen molar-refractivity contribution in [1.82, 2.24) is 4.90 Å². The van der Waals surface area contributed by atoms with Gasteiger partial charge >= 0.3 is 0 Å². The largest absolute Gasteiger partial charge is 0.493 e. The zero-order valence-electron chi connectivity index (χ0n) is 15.8. The van der Waals surface area contributed by atoms with Gasteiger partial charge in [-0.25, -0.2) is 0 Å². The Morgan fingerprint density at radius 1 is 1.04 bits per heavy atom. The summed E-state index contributed by atoms with van der Waals surface area (Å²) >= 11 is 1.51. The Balaban J connectivity index is 1.75. The SMILES string of the molecule is CCN(CC)C(=O)c1cccc(NC(=O)CSCCOc2ccccc2)c1. The van der Waals surface area contributed by atoms with Gasteiger partial charge < -0.3 is 15.0 Å². The van der Waals surface area contributed by atoms with E-state index in [1.807, 2.05) is 44.2 Å². The van der Waals surface area contributed by atoms with Crippen molar-refractivity contribution in [3.8, 4) is 5.75 Å². The molecule has 0 atom stereocenters. The maximum absolute atomic E-state index is 12.4. The Kier molecular flexibility index (Phi) is 8.71. The molecule has 5 nitrogen and oxygen atoms in total. The van der Waals surface area contributed by atoms with Gasteiger partial charge in [0.05, 0.1) is 12.4 Å². The molecule has 6 heteroatoms. The molecule has 0 fully saturated rings. The highest BCUT2D eigenvalue weighted by molar-refractivity contribution is 7.99. The molecule has 0 saturated carbocycles. The summed E-state index contributed by atoms with van der Waals surface area (Å²) in [6.07, 6.45) is 0. The Labute approximate surface area is 165 Å². The van der Waals surface area contributed by atoms with Crippen LogP contribution in [0.5, 0.6) is 5.75 Å². The van der Waals surface area contributed by atoms with Gasteiger partial charge in [-0.1, -0.05) is 24.3 Å².